The van der Waals surface area contributed by atoms with E-state index >= 15 is 0 Å². The summed E-state index contributed by atoms with van der Waals surface area (Å²) in [5.41, 5.74) is -1.88. The number of hydrogen-bond acceptors (Lipinski definition) is 11. The summed E-state index contributed by atoms with van der Waals surface area (Å²) in [5, 5.41) is 7.98. The molecule has 6 heterocycles. The minimum absolute atomic E-state index is 0. The molecule has 15 heteroatoms. The van der Waals surface area contributed by atoms with Crippen molar-refractivity contribution in [3.63, 3.8) is 0 Å². The highest BCUT2D eigenvalue weighted by atomic mass is 35.5. The van der Waals surface area contributed by atoms with Crippen LogP contribution in [0.3, 0.4) is 0 Å². The second-order valence-electron chi connectivity index (χ2n) is 12.8. The van der Waals surface area contributed by atoms with E-state index in [9.17, 15) is 28.8 Å². The SMILES string of the molecule is C.C.C=CCOC(=O)Cl.C=CCOC(=O)N1C[C@@H](C)C[C@]2(C)O[C@@H]3C(=O)NC(=O)[C@@H]3[C@H]12.C[C@@H]1CN[C@H]2[C@H]3C(=O)NC(=O)[C@H]3O[C@@]2(C)C1. The lowest BCUT2D eigenvalue weighted by Crippen LogP contribution is -2.60. The molecule has 6 fully saturated rings. The quantitative estimate of drug-likeness (QED) is 0.225. The normalized spacial score (nSPS) is 37.3. The van der Waals surface area contributed by atoms with Crippen molar-refractivity contribution < 1.29 is 47.7 Å². The van der Waals surface area contributed by atoms with Crippen LogP contribution in [0, 0.1) is 23.7 Å². The van der Waals surface area contributed by atoms with Gasteiger partial charge in [-0.3, -0.25) is 29.8 Å². The molecule has 264 valence electrons. The van der Waals surface area contributed by atoms with Crippen molar-refractivity contribution in [2.24, 2.45) is 23.7 Å². The first-order valence-electron chi connectivity index (χ1n) is 14.9. The number of halogens is 1. The number of carbonyl (C=O) groups excluding carboxylic acids is 6. The number of nitrogens with one attached hydrogen (secondary N) is 3. The van der Waals surface area contributed by atoms with Gasteiger partial charge in [-0.2, -0.15) is 0 Å². The highest BCUT2D eigenvalue weighted by Gasteiger charge is 2.65. The van der Waals surface area contributed by atoms with Gasteiger partial charge < -0.3 is 29.2 Å². The standard InChI is InChI=1S/C15H20N2O5.C11H16N2O3.C4H5ClO2.2CH4/c1-4-5-21-14(20)17-7-8(2)6-15(3)11(17)9-10(22-15)13(19)16-12(9)18;1-5-3-11(2)8(12-4-5)6-7(16-11)10(15)13-9(6)14;1-2-3-7-4(5)6;;/h4,8-11H,1,5-7H2,2-3H3,(H,16,18,19);5-8,12H,3-4H2,1-2H3,(H,13,14,15);2H,1,3H2;2*1H4/t8-,9-,10-,11-,15-;5-,6-,7-,8-,11-;;;/m00.../s1. The average molecular weight is 685 g/mol. The van der Waals surface area contributed by atoms with Crippen molar-refractivity contribution in [3.05, 3.63) is 25.3 Å². The predicted octanol–water partition coefficient (Wildman–Crippen LogP) is 2.68. The maximum atomic E-state index is 12.3. The van der Waals surface area contributed by atoms with Crippen LogP contribution in [-0.2, 0) is 38.1 Å². The lowest BCUT2D eigenvalue weighted by molar-refractivity contribution is -0.140. The number of carbonyl (C=O) groups is 6. The largest absolute Gasteiger partial charge is 0.449 e. The van der Waals surface area contributed by atoms with Crippen LogP contribution in [0.1, 0.15) is 55.4 Å². The number of imide groups is 2. The second-order valence-corrected chi connectivity index (χ2v) is 13.1. The lowest BCUT2D eigenvalue weighted by atomic mass is 9.77. The number of fused-ring (bicyclic) bond motifs is 6. The van der Waals surface area contributed by atoms with E-state index in [0.29, 0.717) is 18.9 Å². The Morgan fingerprint density at radius 2 is 1.38 bits per heavy atom. The van der Waals surface area contributed by atoms with Crippen molar-refractivity contribution in [2.75, 3.05) is 26.3 Å². The first kappa shape index (κ1) is 39.8. The smallest absolute Gasteiger partial charge is 0.410 e. The van der Waals surface area contributed by atoms with Gasteiger partial charge in [-0.15, -0.1) is 0 Å². The molecule has 10 atom stereocenters. The fraction of sp³-hybridized carbons (Fsp3) is 0.688. The summed E-state index contributed by atoms with van der Waals surface area (Å²) >= 11 is 4.75. The molecule has 14 nitrogen and oxygen atoms in total. The Labute approximate surface area is 281 Å². The number of piperidine rings is 2. The minimum Gasteiger partial charge on any atom is -0.449 e. The Morgan fingerprint density at radius 1 is 0.872 bits per heavy atom. The predicted molar refractivity (Wildman–Crippen MR) is 172 cm³/mol. The van der Waals surface area contributed by atoms with Gasteiger partial charge in [0, 0.05) is 18.1 Å². The van der Waals surface area contributed by atoms with Crippen LogP contribution in [0.15, 0.2) is 25.3 Å². The number of hydrogen-bond donors (Lipinski definition) is 3. The highest BCUT2D eigenvalue weighted by Crippen LogP contribution is 2.48. The lowest BCUT2D eigenvalue weighted by Gasteiger charge is -2.46. The molecule has 3 N–H and O–H groups in total. The third kappa shape index (κ3) is 8.04. The Hall–Kier alpha value is -3.33. The molecule has 0 radical (unpaired) electrons. The Kier molecular flexibility index (Phi) is 13.3. The van der Waals surface area contributed by atoms with E-state index in [1.807, 2.05) is 20.8 Å². The van der Waals surface area contributed by atoms with Gasteiger partial charge in [0.05, 0.1) is 35.1 Å². The van der Waals surface area contributed by atoms with Gasteiger partial charge >= 0.3 is 11.5 Å². The third-order valence-electron chi connectivity index (χ3n) is 8.95. The van der Waals surface area contributed by atoms with Crippen LogP contribution >= 0.6 is 11.6 Å². The zero-order valence-electron chi connectivity index (χ0n) is 25.8. The van der Waals surface area contributed by atoms with E-state index in [-0.39, 0.29) is 69.3 Å². The van der Waals surface area contributed by atoms with E-state index in [4.69, 9.17) is 25.8 Å². The molecule has 0 aromatic heterocycles. The second kappa shape index (κ2) is 15.7. The summed E-state index contributed by atoms with van der Waals surface area (Å²) in [6, 6.07) is -0.516. The van der Waals surface area contributed by atoms with Crippen molar-refractivity contribution >= 4 is 46.8 Å². The van der Waals surface area contributed by atoms with E-state index in [1.54, 1.807) is 4.90 Å². The Balaban J connectivity index is 0.000000271. The van der Waals surface area contributed by atoms with Gasteiger partial charge in [-0.1, -0.05) is 54.0 Å². The molecule has 0 spiro atoms. The summed E-state index contributed by atoms with van der Waals surface area (Å²) in [6.07, 6.45) is 2.63. The monoisotopic (exact) mass is 684 g/mol. The molecule has 47 heavy (non-hydrogen) atoms. The van der Waals surface area contributed by atoms with E-state index in [2.05, 4.69) is 40.8 Å². The van der Waals surface area contributed by atoms with E-state index in [1.165, 1.54) is 12.2 Å². The molecule has 0 aromatic rings. The van der Waals surface area contributed by atoms with Crippen molar-refractivity contribution in [1.29, 1.82) is 0 Å². The van der Waals surface area contributed by atoms with Gasteiger partial charge in [-0.05, 0) is 45.1 Å². The molecule has 0 saturated carbocycles. The zero-order valence-corrected chi connectivity index (χ0v) is 26.6. The summed E-state index contributed by atoms with van der Waals surface area (Å²) in [6.45, 7) is 16.5. The maximum Gasteiger partial charge on any atom is 0.410 e. The summed E-state index contributed by atoms with van der Waals surface area (Å²) in [4.78, 5) is 70.8. The third-order valence-corrected chi connectivity index (χ3v) is 9.06. The topological polar surface area (TPSA) is 179 Å². The molecule has 6 saturated heterocycles. The molecular weight excluding hydrogens is 636 g/mol. The molecule has 0 unspecified atom stereocenters. The average Bonchev–Trinajstić information content (AvgIpc) is 3.62. The first-order valence-corrected chi connectivity index (χ1v) is 15.3. The molecule has 0 bridgehead atoms. The summed E-state index contributed by atoms with van der Waals surface area (Å²) < 4.78 is 21.1. The van der Waals surface area contributed by atoms with E-state index in [0.717, 1.165) is 13.0 Å². The number of amides is 5. The molecule has 0 aliphatic carbocycles. The van der Waals surface area contributed by atoms with Gasteiger partial charge in [0.1, 0.15) is 13.2 Å². The fourth-order valence-electron chi connectivity index (χ4n) is 7.56. The first-order chi connectivity index (χ1) is 21.2. The van der Waals surface area contributed by atoms with Gasteiger partial charge in [-0.25, -0.2) is 9.59 Å². The van der Waals surface area contributed by atoms with E-state index < -0.39 is 47.2 Å². The van der Waals surface area contributed by atoms with Crippen LogP contribution in [0.4, 0.5) is 9.59 Å². The number of likely N-dealkylation sites (tertiary alicyclic amines) is 1. The van der Waals surface area contributed by atoms with Crippen molar-refractivity contribution in [2.45, 2.75) is 90.9 Å². The van der Waals surface area contributed by atoms with Gasteiger partial charge in [0.15, 0.2) is 12.2 Å². The van der Waals surface area contributed by atoms with Crippen LogP contribution < -0.4 is 16.0 Å². The van der Waals surface area contributed by atoms with Crippen LogP contribution in [0.25, 0.3) is 0 Å². The molecule has 0 aromatic carbocycles. The summed E-state index contributed by atoms with van der Waals surface area (Å²) in [7, 11) is 0. The number of rotatable bonds is 4. The molecule has 5 amide bonds. The zero-order chi connectivity index (χ0) is 33.3. The summed E-state index contributed by atoms with van der Waals surface area (Å²) in [5.74, 6) is -1.57. The highest BCUT2D eigenvalue weighted by molar-refractivity contribution is 6.61. The number of ether oxygens (including phenoxy) is 4. The molecule has 6 rings (SSSR count). The minimum atomic E-state index is -0.817. The molecule has 6 aliphatic heterocycles. The van der Waals surface area contributed by atoms with Crippen molar-refractivity contribution in [3.8, 4) is 0 Å². The van der Waals surface area contributed by atoms with Crippen LogP contribution in [0.5, 0.6) is 0 Å². The maximum absolute atomic E-state index is 12.3. The molecule has 6 aliphatic rings. The Morgan fingerprint density at radius 3 is 1.94 bits per heavy atom. The van der Waals surface area contributed by atoms with Crippen LogP contribution in [0.2, 0.25) is 0 Å². The van der Waals surface area contributed by atoms with Gasteiger partial charge in [0.2, 0.25) is 11.8 Å². The Bertz CT molecular complexity index is 1260. The molecular formula is C32H49ClN4O10. The number of nitrogens with zero attached hydrogens (tertiary/aromatic N) is 1. The fourth-order valence-corrected chi connectivity index (χ4v) is 7.62. The van der Waals surface area contributed by atoms with Crippen LogP contribution in [-0.4, -0.2) is 102 Å². The van der Waals surface area contributed by atoms with Gasteiger partial charge in [0.25, 0.3) is 11.8 Å². The van der Waals surface area contributed by atoms with Crippen molar-refractivity contribution in [1.82, 2.24) is 20.9 Å².